The lowest BCUT2D eigenvalue weighted by molar-refractivity contribution is -0.154. The van der Waals surface area contributed by atoms with Crippen LogP contribution in [-0.2, 0) is 9.53 Å². The normalized spacial score (nSPS) is 15.6. The van der Waals surface area contributed by atoms with Crippen molar-refractivity contribution in [3.8, 4) is 0 Å². The largest absolute Gasteiger partial charge is 0.383 e. The van der Waals surface area contributed by atoms with Gasteiger partial charge < -0.3 is 15.6 Å². The molecule has 0 rings (SSSR count). The summed E-state index contributed by atoms with van der Waals surface area (Å²) in [5.41, 5.74) is 3.33. The van der Waals surface area contributed by atoms with Crippen LogP contribution >= 0.6 is 0 Å². The Morgan fingerprint density at radius 2 is 1.77 bits per heavy atom. The average Bonchev–Trinajstić information content (AvgIpc) is 1.79. The monoisotopic (exact) mass is 189 g/mol. The third-order valence-electron chi connectivity index (χ3n) is 1.45. The molecular formula is C9H19NO3. The summed E-state index contributed by atoms with van der Waals surface area (Å²) < 4.78 is 5.19. The summed E-state index contributed by atoms with van der Waals surface area (Å²) in [6, 6.07) is 0. The van der Waals surface area contributed by atoms with Gasteiger partial charge in [-0.15, -0.1) is 0 Å². The smallest absolute Gasteiger partial charge is 0.192 e. The number of aliphatic hydroxyl groups is 1. The summed E-state index contributed by atoms with van der Waals surface area (Å²) in [4.78, 5) is 11.4. The molecule has 13 heavy (non-hydrogen) atoms. The van der Waals surface area contributed by atoms with Gasteiger partial charge in [-0.2, -0.15) is 0 Å². The van der Waals surface area contributed by atoms with E-state index in [0.717, 1.165) is 0 Å². The van der Waals surface area contributed by atoms with Gasteiger partial charge in [0.05, 0.1) is 0 Å². The molecule has 0 fully saturated rings. The van der Waals surface area contributed by atoms with Crippen molar-refractivity contribution >= 4 is 5.78 Å². The molecule has 0 unspecified atom stereocenters. The summed E-state index contributed by atoms with van der Waals surface area (Å²) >= 11 is 0. The van der Waals surface area contributed by atoms with Gasteiger partial charge >= 0.3 is 0 Å². The van der Waals surface area contributed by atoms with Gasteiger partial charge in [0.2, 0.25) is 0 Å². The van der Waals surface area contributed by atoms with Gasteiger partial charge in [-0.1, -0.05) is 0 Å². The molecule has 0 aliphatic carbocycles. The molecule has 0 aromatic heterocycles. The Morgan fingerprint density at radius 1 is 1.38 bits per heavy atom. The lowest BCUT2D eigenvalue weighted by atomic mass is 10.00. The zero-order valence-electron chi connectivity index (χ0n) is 8.92. The fourth-order valence-electron chi connectivity index (χ4n) is 1.01. The lowest BCUT2D eigenvalue weighted by Crippen LogP contribution is -2.46. The van der Waals surface area contributed by atoms with Gasteiger partial charge in [0.1, 0.15) is 17.4 Å². The van der Waals surface area contributed by atoms with E-state index in [-0.39, 0.29) is 5.78 Å². The van der Waals surface area contributed by atoms with E-state index in [1.807, 2.05) is 0 Å². The third kappa shape index (κ3) is 4.98. The Balaban J connectivity index is 4.30. The molecule has 0 spiro atoms. The van der Waals surface area contributed by atoms with Crippen molar-refractivity contribution in [3.05, 3.63) is 0 Å². The molecule has 0 radical (unpaired) electrons. The quantitative estimate of drug-likeness (QED) is 0.629. The van der Waals surface area contributed by atoms with Gasteiger partial charge in [-0.05, 0) is 34.6 Å². The van der Waals surface area contributed by atoms with Crippen LogP contribution < -0.4 is 5.73 Å². The Morgan fingerprint density at radius 3 is 2.00 bits per heavy atom. The first kappa shape index (κ1) is 12.6. The fraction of sp³-hybridized carbons (Fsp3) is 0.889. The van der Waals surface area contributed by atoms with Crippen LogP contribution in [0.5, 0.6) is 0 Å². The van der Waals surface area contributed by atoms with Crippen molar-refractivity contribution in [2.45, 2.75) is 52.0 Å². The molecule has 0 heterocycles. The molecule has 3 N–H and O–H groups in total. The van der Waals surface area contributed by atoms with Crippen LogP contribution in [0.4, 0.5) is 0 Å². The Labute approximate surface area is 79.1 Å². The summed E-state index contributed by atoms with van der Waals surface area (Å²) in [6.45, 7) is 7.74. The van der Waals surface area contributed by atoms with Crippen molar-refractivity contribution in [1.29, 1.82) is 0 Å². The second-order valence-corrected chi connectivity index (χ2v) is 4.29. The van der Waals surface area contributed by atoms with E-state index in [2.05, 4.69) is 0 Å². The van der Waals surface area contributed by atoms with Crippen LogP contribution in [0.15, 0.2) is 0 Å². The van der Waals surface area contributed by atoms with Crippen LogP contribution in [0.25, 0.3) is 0 Å². The number of hydrogen-bond acceptors (Lipinski definition) is 4. The highest BCUT2D eigenvalue weighted by atomic mass is 16.5. The molecule has 0 amide bonds. The van der Waals surface area contributed by atoms with E-state index >= 15 is 0 Å². The van der Waals surface area contributed by atoms with Crippen molar-refractivity contribution in [1.82, 2.24) is 0 Å². The minimum atomic E-state index is -1.37. The van der Waals surface area contributed by atoms with E-state index in [0.29, 0.717) is 0 Å². The molecule has 0 aliphatic rings. The first-order valence-corrected chi connectivity index (χ1v) is 4.27. The number of Topliss-reactive ketones (excluding diaryl/α,β-unsaturated/α-hetero) is 1. The second kappa shape index (κ2) is 3.74. The average molecular weight is 189 g/mol. The summed E-state index contributed by atoms with van der Waals surface area (Å²) in [7, 11) is 0. The molecule has 4 nitrogen and oxygen atoms in total. The standard InChI is InChI=1S/C9H19NO3/c1-6(13-9(4,5)10)7(11)8(2,3)12/h6,12H,10H2,1-5H3/t6-/m1/s1. The SMILES string of the molecule is C[C@@H](OC(C)(C)N)C(=O)C(C)(C)O. The number of carbonyl (C=O) groups is 1. The van der Waals surface area contributed by atoms with Crippen molar-refractivity contribution in [3.63, 3.8) is 0 Å². The first-order chi connectivity index (χ1) is 5.54. The predicted molar refractivity (Wildman–Crippen MR) is 50.1 cm³/mol. The van der Waals surface area contributed by atoms with Crippen molar-refractivity contribution in [2.75, 3.05) is 0 Å². The molecule has 78 valence electrons. The molecule has 0 aromatic carbocycles. The predicted octanol–water partition coefficient (Wildman–Crippen LogP) is 0.426. The number of carbonyl (C=O) groups excluding carboxylic acids is 1. The van der Waals surface area contributed by atoms with E-state index in [4.69, 9.17) is 10.5 Å². The molecule has 0 aromatic rings. The maximum Gasteiger partial charge on any atom is 0.192 e. The van der Waals surface area contributed by atoms with E-state index < -0.39 is 17.4 Å². The van der Waals surface area contributed by atoms with Crippen molar-refractivity contribution in [2.24, 2.45) is 5.73 Å². The van der Waals surface area contributed by atoms with Crippen LogP contribution in [0, 0.1) is 0 Å². The molecule has 1 atom stereocenters. The van der Waals surface area contributed by atoms with E-state index in [1.54, 1.807) is 20.8 Å². The van der Waals surface area contributed by atoms with Crippen LogP contribution in [0.1, 0.15) is 34.6 Å². The van der Waals surface area contributed by atoms with Gasteiger partial charge in [0, 0.05) is 0 Å². The highest BCUT2D eigenvalue weighted by Crippen LogP contribution is 2.12. The highest BCUT2D eigenvalue weighted by molar-refractivity contribution is 5.89. The van der Waals surface area contributed by atoms with Crippen LogP contribution in [-0.4, -0.2) is 28.3 Å². The molecule has 0 aliphatic heterocycles. The van der Waals surface area contributed by atoms with Gasteiger partial charge in [-0.3, -0.25) is 4.79 Å². The highest BCUT2D eigenvalue weighted by Gasteiger charge is 2.31. The summed E-state index contributed by atoms with van der Waals surface area (Å²) in [5, 5.41) is 9.38. The maximum atomic E-state index is 11.4. The number of ether oxygens (including phenoxy) is 1. The topological polar surface area (TPSA) is 72.5 Å². The Kier molecular flexibility index (Phi) is 3.61. The molecular weight excluding hydrogens is 170 g/mol. The molecule has 0 saturated carbocycles. The number of ketones is 1. The summed E-state index contributed by atoms with van der Waals surface area (Å²) in [5.74, 6) is -0.369. The van der Waals surface area contributed by atoms with Crippen LogP contribution in [0.3, 0.4) is 0 Å². The molecule has 0 bridgehead atoms. The lowest BCUT2D eigenvalue weighted by Gasteiger charge is -2.27. The number of rotatable bonds is 4. The molecule has 0 saturated heterocycles. The zero-order chi connectivity index (χ0) is 10.9. The second-order valence-electron chi connectivity index (χ2n) is 4.29. The summed E-state index contributed by atoms with van der Waals surface area (Å²) in [6.07, 6.45) is -0.694. The van der Waals surface area contributed by atoms with Crippen LogP contribution in [0.2, 0.25) is 0 Å². The first-order valence-electron chi connectivity index (χ1n) is 4.27. The Bertz CT molecular complexity index is 188. The van der Waals surface area contributed by atoms with Crippen molar-refractivity contribution < 1.29 is 14.6 Å². The number of hydrogen-bond donors (Lipinski definition) is 2. The van der Waals surface area contributed by atoms with E-state index in [1.165, 1.54) is 13.8 Å². The Hall–Kier alpha value is -0.450. The minimum Gasteiger partial charge on any atom is -0.383 e. The third-order valence-corrected chi connectivity index (χ3v) is 1.45. The maximum absolute atomic E-state index is 11.4. The van der Waals surface area contributed by atoms with Gasteiger partial charge in [-0.25, -0.2) is 0 Å². The van der Waals surface area contributed by atoms with E-state index in [9.17, 15) is 9.90 Å². The fourth-order valence-corrected chi connectivity index (χ4v) is 1.01. The zero-order valence-corrected chi connectivity index (χ0v) is 8.92. The molecule has 4 heteroatoms. The van der Waals surface area contributed by atoms with Gasteiger partial charge in [0.25, 0.3) is 0 Å². The minimum absolute atomic E-state index is 0.369. The van der Waals surface area contributed by atoms with Gasteiger partial charge in [0.15, 0.2) is 5.78 Å². The number of nitrogens with two attached hydrogens (primary N) is 1.